The number of nitrogens with one attached hydrogen (secondary N) is 2. The van der Waals surface area contributed by atoms with Crippen molar-refractivity contribution in [3.63, 3.8) is 0 Å². The van der Waals surface area contributed by atoms with Crippen LogP contribution in [0, 0.1) is 6.92 Å². The first-order valence-corrected chi connectivity index (χ1v) is 17.5. The molecule has 55 heavy (non-hydrogen) atoms. The highest BCUT2D eigenvalue weighted by atomic mass is 16.3. The molecule has 10 nitrogen and oxygen atoms in total. The number of phenols is 1. The number of hydrazone groups is 1. The van der Waals surface area contributed by atoms with Gasteiger partial charge in [0.05, 0.1) is 22.6 Å². The predicted molar refractivity (Wildman–Crippen MR) is 216 cm³/mol. The number of para-hydroxylation sites is 2. The van der Waals surface area contributed by atoms with Gasteiger partial charge in [-0.25, -0.2) is 10.4 Å². The van der Waals surface area contributed by atoms with Crippen molar-refractivity contribution in [1.29, 1.82) is 0 Å². The van der Waals surface area contributed by atoms with Gasteiger partial charge in [-0.3, -0.25) is 14.5 Å². The maximum atomic E-state index is 14.3. The molecule has 0 unspecified atom stereocenters. The molecule has 3 N–H and O–H groups in total. The van der Waals surface area contributed by atoms with Crippen LogP contribution >= 0.6 is 0 Å². The summed E-state index contributed by atoms with van der Waals surface area (Å²) in [7, 11) is 0. The number of aromatic amines is 1. The van der Waals surface area contributed by atoms with Crippen molar-refractivity contribution in [3.8, 4) is 17.0 Å². The fourth-order valence-corrected chi connectivity index (χ4v) is 6.33. The summed E-state index contributed by atoms with van der Waals surface area (Å²) < 4.78 is 0. The molecular weight excluding hydrogens is 687 g/mol. The zero-order chi connectivity index (χ0) is 37.7. The lowest BCUT2D eigenvalue weighted by Gasteiger charge is -2.19. The number of phenolic OH excluding ortho intramolecular Hbond substituents is 1. The molecule has 2 amide bonds. The van der Waals surface area contributed by atoms with Crippen molar-refractivity contribution in [2.75, 3.05) is 4.90 Å². The fraction of sp³-hybridized carbons (Fsp3) is 0.0222. The van der Waals surface area contributed by atoms with Gasteiger partial charge in [0.2, 0.25) is 5.84 Å². The molecule has 10 heteroatoms. The summed E-state index contributed by atoms with van der Waals surface area (Å²) in [5.41, 5.74) is 9.88. The van der Waals surface area contributed by atoms with Crippen molar-refractivity contribution in [2.24, 2.45) is 20.3 Å². The number of amides is 2. The molecular formula is C45H33N7O3. The van der Waals surface area contributed by atoms with Gasteiger partial charge in [-0.05, 0) is 72.7 Å². The van der Waals surface area contributed by atoms with Crippen LogP contribution in [0.25, 0.3) is 28.2 Å². The quantitative estimate of drug-likeness (QED) is 0.0475. The summed E-state index contributed by atoms with van der Waals surface area (Å²) in [4.78, 5) is 37.7. The van der Waals surface area contributed by atoms with E-state index in [0.29, 0.717) is 22.8 Å². The highest BCUT2D eigenvalue weighted by Crippen LogP contribution is 2.35. The first-order chi connectivity index (χ1) is 26.9. The Bertz CT molecular complexity index is 2680. The summed E-state index contributed by atoms with van der Waals surface area (Å²) in [5.74, 6) is -0.419. The number of azo groups is 1. The Balaban J connectivity index is 1.11. The lowest BCUT2D eigenvalue weighted by atomic mass is 10.0. The van der Waals surface area contributed by atoms with Crippen LogP contribution in [0.3, 0.4) is 0 Å². The molecule has 0 radical (unpaired) electrons. The first kappa shape index (κ1) is 34.4. The average Bonchev–Trinajstić information content (AvgIpc) is 3.76. The van der Waals surface area contributed by atoms with Gasteiger partial charge in [-0.15, -0.1) is 15.3 Å². The maximum absolute atomic E-state index is 14.3. The van der Waals surface area contributed by atoms with E-state index in [0.717, 1.165) is 38.9 Å². The lowest BCUT2D eigenvalue weighted by Crippen LogP contribution is -2.32. The van der Waals surface area contributed by atoms with E-state index < -0.39 is 5.91 Å². The normalized spacial score (nSPS) is 13.9. The number of rotatable bonds is 8. The topological polar surface area (TPSA) is 135 Å². The van der Waals surface area contributed by atoms with Crippen molar-refractivity contribution in [2.45, 2.75) is 6.92 Å². The van der Waals surface area contributed by atoms with Gasteiger partial charge in [0.25, 0.3) is 11.8 Å². The van der Waals surface area contributed by atoms with Gasteiger partial charge in [0, 0.05) is 27.6 Å². The van der Waals surface area contributed by atoms with Crippen LogP contribution < -0.4 is 10.3 Å². The molecule has 0 saturated heterocycles. The Labute approximate surface area is 316 Å². The van der Waals surface area contributed by atoms with E-state index in [1.54, 1.807) is 47.4 Å². The molecule has 0 atom stereocenters. The second kappa shape index (κ2) is 15.1. The SMILES string of the molecule is Cc1ccccc1N=N/C(=N/NC(=O)c1ccc(N2C(=O)/C(=C/c3c(-c4ccccc4)[nH]c4ccccc34)N=C2c2ccccc2)cc1)c1ccccc1O. The Morgan fingerprint density at radius 1 is 0.764 bits per heavy atom. The molecule has 1 aliphatic rings. The van der Waals surface area contributed by atoms with Crippen molar-refractivity contribution in [3.05, 3.63) is 191 Å². The van der Waals surface area contributed by atoms with E-state index in [1.165, 1.54) is 6.07 Å². The Morgan fingerprint density at radius 3 is 2.16 bits per heavy atom. The highest BCUT2D eigenvalue weighted by Gasteiger charge is 2.33. The number of aliphatic imine (C=N–C) groups is 1. The van der Waals surface area contributed by atoms with Crippen molar-refractivity contribution < 1.29 is 14.7 Å². The zero-order valence-electron chi connectivity index (χ0n) is 29.6. The van der Waals surface area contributed by atoms with Crippen molar-refractivity contribution >= 4 is 51.8 Å². The van der Waals surface area contributed by atoms with E-state index in [-0.39, 0.29) is 28.8 Å². The van der Waals surface area contributed by atoms with E-state index in [4.69, 9.17) is 4.99 Å². The summed E-state index contributed by atoms with van der Waals surface area (Å²) in [6, 6.07) is 48.1. The Hall–Kier alpha value is -7.72. The minimum atomic E-state index is -0.524. The van der Waals surface area contributed by atoms with Gasteiger partial charge >= 0.3 is 0 Å². The number of aryl methyl sites for hydroxylation is 1. The van der Waals surface area contributed by atoms with E-state index in [9.17, 15) is 14.7 Å². The van der Waals surface area contributed by atoms with Crippen molar-refractivity contribution in [1.82, 2.24) is 10.4 Å². The summed E-state index contributed by atoms with van der Waals surface area (Å²) in [6.07, 6.45) is 1.84. The minimum Gasteiger partial charge on any atom is -0.507 e. The van der Waals surface area contributed by atoms with Crippen LogP contribution in [0.4, 0.5) is 11.4 Å². The van der Waals surface area contributed by atoms with Crippen LogP contribution in [0.5, 0.6) is 5.75 Å². The van der Waals surface area contributed by atoms with Gasteiger partial charge in [0.1, 0.15) is 17.3 Å². The van der Waals surface area contributed by atoms with Gasteiger partial charge < -0.3 is 10.1 Å². The average molecular weight is 720 g/mol. The summed E-state index contributed by atoms with van der Waals surface area (Å²) in [5, 5.41) is 24.3. The zero-order valence-corrected chi connectivity index (χ0v) is 29.6. The number of anilines is 1. The third-order valence-electron chi connectivity index (χ3n) is 9.15. The number of nitrogens with zero attached hydrogens (tertiary/aromatic N) is 5. The maximum Gasteiger partial charge on any atom is 0.282 e. The number of aromatic nitrogens is 1. The number of hydrogen-bond acceptors (Lipinski definition) is 6. The first-order valence-electron chi connectivity index (χ1n) is 17.5. The molecule has 266 valence electrons. The summed E-state index contributed by atoms with van der Waals surface area (Å²) >= 11 is 0. The second-order valence-corrected chi connectivity index (χ2v) is 12.7. The lowest BCUT2D eigenvalue weighted by molar-refractivity contribution is -0.113. The monoisotopic (exact) mass is 719 g/mol. The molecule has 0 spiro atoms. The fourth-order valence-electron chi connectivity index (χ4n) is 6.33. The molecule has 2 heterocycles. The van der Waals surface area contributed by atoms with E-state index in [2.05, 4.69) is 25.7 Å². The van der Waals surface area contributed by atoms with Gasteiger partial charge in [-0.2, -0.15) is 0 Å². The smallest absolute Gasteiger partial charge is 0.282 e. The number of benzene rings is 6. The molecule has 0 fully saturated rings. The number of carbonyl (C=O) groups excluding carboxylic acids is 2. The standard InChI is InChI=1S/C45H33N7O3/c1-29-14-8-11-21-37(29)48-49-42(35-20-10-13-23-40(35)53)50-51-44(54)32-24-26-33(27-25-32)52-43(31-17-6-3-7-18-31)47-39(45(52)55)28-36-34-19-9-12-22-38(34)46-41(36)30-15-4-2-5-16-30/h2-28,46,53H,1H3,(H,51,54)/b39-28-,49-48?,50-42+. The molecule has 8 rings (SSSR count). The molecule has 7 aromatic rings. The number of H-pyrrole nitrogens is 1. The third kappa shape index (κ3) is 7.07. The Morgan fingerprint density at radius 2 is 1.42 bits per heavy atom. The molecule has 0 bridgehead atoms. The van der Waals surface area contributed by atoms with Gasteiger partial charge in [-0.1, -0.05) is 109 Å². The third-order valence-corrected chi connectivity index (χ3v) is 9.15. The van der Waals surface area contributed by atoms with Crippen LogP contribution in [-0.4, -0.2) is 33.6 Å². The second-order valence-electron chi connectivity index (χ2n) is 12.7. The van der Waals surface area contributed by atoms with Crippen LogP contribution in [0.2, 0.25) is 0 Å². The van der Waals surface area contributed by atoms with Crippen LogP contribution in [0.1, 0.15) is 32.6 Å². The molecule has 0 saturated carbocycles. The predicted octanol–water partition coefficient (Wildman–Crippen LogP) is 9.56. The van der Waals surface area contributed by atoms with Gasteiger partial charge in [0.15, 0.2) is 0 Å². The largest absolute Gasteiger partial charge is 0.507 e. The summed E-state index contributed by atoms with van der Waals surface area (Å²) in [6.45, 7) is 1.91. The number of aromatic hydroxyl groups is 1. The molecule has 0 aliphatic carbocycles. The molecule has 1 aromatic heterocycles. The number of fused-ring (bicyclic) bond motifs is 1. The van der Waals surface area contributed by atoms with E-state index >= 15 is 0 Å². The van der Waals surface area contributed by atoms with Crippen LogP contribution in [0.15, 0.2) is 184 Å². The number of carbonyl (C=O) groups is 2. The molecule has 6 aromatic carbocycles. The Kier molecular flexibility index (Phi) is 9.43. The number of amidine groups is 2. The van der Waals surface area contributed by atoms with Crippen LogP contribution in [-0.2, 0) is 4.79 Å². The van der Waals surface area contributed by atoms with E-state index in [1.807, 2.05) is 122 Å². The highest BCUT2D eigenvalue weighted by molar-refractivity contribution is 6.33. The number of hydrogen-bond donors (Lipinski definition) is 3. The molecule has 1 aliphatic heterocycles. The minimum absolute atomic E-state index is 0.0163.